The van der Waals surface area contributed by atoms with E-state index in [0.717, 1.165) is 6.42 Å². The van der Waals surface area contributed by atoms with Crippen molar-refractivity contribution in [3.8, 4) is 0 Å². The van der Waals surface area contributed by atoms with Gasteiger partial charge in [-0.2, -0.15) is 5.10 Å². The molecule has 0 aromatic carbocycles. The van der Waals surface area contributed by atoms with Crippen LogP contribution in [0.1, 0.15) is 27.2 Å². The van der Waals surface area contributed by atoms with Crippen LogP contribution >= 0.6 is 0 Å². The van der Waals surface area contributed by atoms with Gasteiger partial charge in [-0.1, -0.05) is 20.8 Å². The minimum Gasteiger partial charge on any atom is -0.326 e. The van der Waals surface area contributed by atoms with Crippen molar-refractivity contribution >= 4 is 10.0 Å². The topological polar surface area (TPSA) is 101 Å². The maximum absolute atomic E-state index is 11.7. The summed E-state index contributed by atoms with van der Waals surface area (Å²) in [6.45, 7) is 6.43. The first-order valence-electron chi connectivity index (χ1n) is 5.45. The zero-order valence-electron chi connectivity index (χ0n) is 10.4. The van der Waals surface area contributed by atoms with Crippen LogP contribution in [0.15, 0.2) is 17.3 Å². The number of aromatic amines is 1. The highest BCUT2D eigenvalue weighted by Gasteiger charge is 2.19. The van der Waals surface area contributed by atoms with Crippen LogP contribution in [-0.2, 0) is 10.0 Å². The molecular formula is C10H20N4O2S. The second-order valence-corrected chi connectivity index (χ2v) is 7.08. The molecule has 17 heavy (non-hydrogen) atoms. The molecule has 0 aliphatic carbocycles. The Morgan fingerprint density at radius 2 is 2.18 bits per heavy atom. The molecule has 0 aliphatic heterocycles. The van der Waals surface area contributed by atoms with Gasteiger partial charge in [0.25, 0.3) is 0 Å². The predicted molar refractivity (Wildman–Crippen MR) is 65.8 cm³/mol. The van der Waals surface area contributed by atoms with E-state index in [1.165, 1.54) is 12.4 Å². The molecule has 0 radical (unpaired) electrons. The Morgan fingerprint density at radius 1 is 1.53 bits per heavy atom. The molecule has 1 rings (SSSR count). The zero-order valence-corrected chi connectivity index (χ0v) is 11.2. The average Bonchev–Trinajstić information content (AvgIpc) is 2.65. The monoisotopic (exact) mass is 260 g/mol. The fraction of sp³-hybridized carbons (Fsp3) is 0.700. The van der Waals surface area contributed by atoms with Gasteiger partial charge in [-0.05, 0) is 11.8 Å². The quantitative estimate of drug-likeness (QED) is 0.715. The first-order valence-corrected chi connectivity index (χ1v) is 6.93. The Balaban J connectivity index is 2.51. The van der Waals surface area contributed by atoms with Crippen LogP contribution in [0.4, 0.5) is 0 Å². The van der Waals surface area contributed by atoms with Gasteiger partial charge in [0.1, 0.15) is 4.90 Å². The summed E-state index contributed by atoms with van der Waals surface area (Å²) >= 11 is 0. The lowest BCUT2D eigenvalue weighted by atomic mass is 9.88. The number of rotatable bonds is 5. The van der Waals surface area contributed by atoms with Crippen molar-refractivity contribution in [3.63, 3.8) is 0 Å². The summed E-state index contributed by atoms with van der Waals surface area (Å²) in [4.78, 5) is 0.125. The van der Waals surface area contributed by atoms with E-state index in [-0.39, 0.29) is 22.9 Å². The molecule has 0 amide bonds. The van der Waals surface area contributed by atoms with Crippen molar-refractivity contribution in [2.75, 3.05) is 6.54 Å². The predicted octanol–water partition coefficient (Wildman–Crippen LogP) is 0.452. The molecule has 1 heterocycles. The Kier molecular flexibility index (Phi) is 4.29. The lowest BCUT2D eigenvalue weighted by molar-refractivity contribution is 0.338. The van der Waals surface area contributed by atoms with E-state index in [4.69, 9.17) is 5.73 Å². The van der Waals surface area contributed by atoms with Gasteiger partial charge in [0.05, 0.1) is 6.20 Å². The van der Waals surface area contributed by atoms with Crippen LogP contribution in [0.2, 0.25) is 0 Å². The molecule has 0 saturated carbocycles. The molecule has 0 aliphatic rings. The van der Waals surface area contributed by atoms with Crippen LogP contribution in [0, 0.1) is 5.41 Å². The van der Waals surface area contributed by atoms with Crippen molar-refractivity contribution in [2.24, 2.45) is 11.1 Å². The first-order chi connectivity index (χ1) is 7.71. The van der Waals surface area contributed by atoms with Crippen LogP contribution in [0.5, 0.6) is 0 Å². The number of nitrogens with zero attached hydrogens (tertiary/aromatic N) is 1. The van der Waals surface area contributed by atoms with E-state index >= 15 is 0 Å². The van der Waals surface area contributed by atoms with Gasteiger partial charge in [-0.3, -0.25) is 5.10 Å². The second-order valence-electron chi connectivity index (χ2n) is 5.31. The molecule has 0 spiro atoms. The SMILES string of the molecule is CC(C)(C)CC(N)CNS(=O)(=O)c1cn[nH]c1. The minimum atomic E-state index is -3.49. The third-order valence-corrected chi connectivity index (χ3v) is 3.58. The lowest BCUT2D eigenvalue weighted by Crippen LogP contribution is -2.39. The Hall–Kier alpha value is -0.920. The third kappa shape index (κ3) is 4.84. The number of nitrogens with one attached hydrogen (secondary N) is 2. The summed E-state index contributed by atoms with van der Waals surface area (Å²) in [6, 6.07) is -0.198. The summed E-state index contributed by atoms with van der Waals surface area (Å²) in [5.74, 6) is 0. The standard InChI is InChI=1S/C10H20N4O2S/c1-10(2,3)4-8(11)5-14-17(15,16)9-6-12-13-7-9/h6-8,14H,4-5,11H2,1-3H3,(H,12,13). The molecule has 6 nitrogen and oxygen atoms in total. The molecule has 0 bridgehead atoms. The van der Waals surface area contributed by atoms with Gasteiger partial charge >= 0.3 is 0 Å². The fourth-order valence-electron chi connectivity index (χ4n) is 1.54. The smallest absolute Gasteiger partial charge is 0.243 e. The maximum Gasteiger partial charge on any atom is 0.243 e. The van der Waals surface area contributed by atoms with Crippen molar-refractivity contribution in [2.45, 2.75) is 38.1 Å². The van der Waals surface area contributed by atoms with Gasteiger partial charge in [-0.15, -0.1) is 0 Å². The molecule has 1 atom stereocenters. The normalized spacial score (nSPS) is 14.8. The number of hydrogen-bond acceptors (Lipinski definition) is 4. The molecule has 98 valence electrons. The highest BCUT2D eigenvalue weighted by atomic mass is 32.2. The molecule has 0 fully saturated rings. The zero-order chi connectivity index (χ0) is 13.1. The molecule has 1 aromatic rings. The number of aromatic nitrogens is 2. The summed E-state index contributed by atoms with van der Waals surface area (Å²) < 4.78 is 25.9. The van der Waals surface area contributed by atoms with Gasteiger partial charge in [-0.25, -0.2) is 13.1 Å². The van der Waals surface area contributed by atoms with Crippen molar-refractivity contribution < 1.29 is 8.42 Å². The van der Waals surface area contributed by atoms with Crippen LogP contribution in [0.3, 0.4) is 0 Å². The summed E-state index contributed by atoms with van der Waals surface area (Å²) in [5.41, 5.74) is 5.95. The molecule has 4 N–H and O–H groups in total. The molecular weight excluding hydrogens is 240 g/mol. The van der Waals surface area contributed by atoms with E-state index in [9.17, 15) is 8.42 Å². The average molecular weight is 260 g/mol. The van der Waals surface area contributed by atoms with Gasteiger partial charge in [0.15, 0.2) is 0 Å². The van der Waals surface area contributed by atoms with E-state index in [0.29, 0.717) is 0 Å². The Labute approximate surface area is 102 Å². The Morgan fingerprint density at radius 3 is 2.65 bits per heavy atom. The van der Waals surface area contributed by atoms with Crippen molar-refractivity contribution in [1.29, 1.82) is 0 Å². The summed E-state index contributed by atoms with van der Waals surface area (Å²) in [5, 5.41) is 6.06. The van der Waals surface area contributed by atoms with E-state index in [1.807, 2.05) is 0 Å². The highest BCUT2D eigenvalue weighted by molar-refractivity contribution is 7.89. The maximum atomic E-state index is 11.7. The minimum absolute atomic E-state index is 0.0838. The largest absolute Gasteiger partial charge is 0.326 e. The van der Waals surface area contributed by atoms with Gasteiger partial charge in [0.2, 0.25) is 10.0 Å². The lowest BCUT2D eigenvalue weighted by Gasteiger charge is -2.23. The highest BCUT2D eigenvalue weighted by Crippen LogP contribution is 2.19. The van der Waals surface area contributed by atoms with Crippen LogP contribution in [-0.4, -0.2) is 31.2 Å². The molecule has 0 saturated heterocycles. The number of H-pyrrole nitrogens is 1. The summed E-state index contributed by atoms with van der Waals surface area (Å²) in [6.07, 6.45) is 3.34. The van der Waals surface area contributed by atoms with Crippen molar-refractivity contribution in [1.82, 2.24) is 14.9 Å². The number of sulfonamides is 1. The first kappa shape index (κ1) is 14.1. The molecule has 1 unspecified atom stereocenters. The fourth-order valence-corrected chi connectivity index (χ4v) is 2.54. The van der Waals surface area contributed by atoms with Gasteiger partial charge in [0, 0.05) is 18.8 Å². The van der Waals surface area contributed by atoms with E-state index in [1.54, 1.807) is 0 Å². The van der Waals surface area contributed by atoms with E-state index in [2.05, 4.69) is 35.7 Å². The van der Waals surface area contributed by atoms with E-state index < -0.39 is 10.0 Å². The second kappa shape index (κ2) is 5.16. The Bertz CT molecular complexity index is 433. The number of hydrogen-bond donors (Lipinski definition) is 3. The third-order valence-electron chi connectivity index (χ3n) is 2.19. The van der Waals surface area contributed by atoms with Crippen molar-refractivity contribution in [3.05, 3.63) is 12.4 Å². The number of nitrogens with two attached hydrogens (primary N) is 1. The molecule has 7 heteroatoms. The summed E-state index contributed by atoms with van der Waals surface area (Å²) in [7, 11) is -3.49. The van der Waals surface area contributed by atoms with Gasteiger partial charge < -0.3 is 5.73 Å². The van der Waals surface area contributed by atoms with Crippen LogP contribution in [0.25, 0.3) is 0 Å². The molecule has 1 aromatic heterocycles. The van der Waals surface area contributed by atoms with Crippen LogP contribution < -0.4 is 10.5 Å².